The van der Waals surface area contributed by atoms with Gasteiger partial charge in [-0.25, -0.2) is 4.79 Å². The van der Waals surface area contributed by atoms with Crippen molar-refractivity contribution in [2.75, 3.05) is 12.4 Å². The molecule has 0 bridgehead atoms. The molecule has 0 unspecified atom stereocenters. The van der Waals surface area contributed by atoms with E-state index >= 15 is 0 Å². The number of methoxy groups -OCH3 is 1. The summed E-state index contributed by atoms with van der Waals surface area (Å²) in [7, 11) is 1.52. The van der Waals surface area contributed by atoms with Gasteiger partial charge in [0.25, 0.3) is 5.56 Å². The van der Waals surface area contributed by atoms with Crippen molar-refractivity contribution in [1.82, 2.24) is 9.13 Å². The molecule has 0 aliphatic rings. The Bertz CT molecular complexity index is 1470. The highest BCUT2D eigenvalue weighted by Gasteiger charge is 2.30. The molecular weight excluding hydrogens is 471 g/mol. The molecule has 0 saturated carbocycles. The van der Waals surface area contributed by atoms with E-state index in [1.165, 1.54) is 19.2 Å². The summed E-state index contributed by atoms with van der Waals surface area (Å²) in [6.45, 7) is -0.504. The number of alkyl halides is 3. The van der Waals surface area contributed by atoms with Crippen molar-refractivity contribution >= 4 is 33.1 Å². The lowest BCUT2D eigenvalue weighted by molar-refractivity contribution is -0.137. The zero-order valence-electron chi connectivity index (χ0n) is 17.8. The SMILES string of the molecule is COc1ccc(Cn2c(=O)c3sccc3n(CC(=O)Nc3cccc(C(F)(F)F)c3)c2=O)cc1. The number of thiophene rings is 1. The van der Waals surface area contributed by atoms with Crippen LogP contribution in [0.3, 0.4) is 0 Å². The molecule has 11 heteroatoms. The van der Waals surface area contributed by atoms with Gasteiger partial charge in [-0.1, -0.05) is 18.2 Å². The van der Waals surface area contributed by atoms with Gasteiger partial charge in [-0.3, -0.25) is 18.7 Å². The van der Waals surface area contributed by atoms with E-state index in [1.807, 2.05) is 0 Å². The summed E-state index contributed by atoms with van der Waals surface area (Å²) < 4.78 is 46.4. The number of aromatic nitrogens is 2. The van der Waals surface area contributed by atoms with E-state index in [9.17, 15) is 27.6 Å². The van der Waals surface area contributed by atoms with Gasteiger partial charge in [0.1, 0.15) is 17.0 Å². The number of amides is 1. The maximum Gasteiger partial charge on any atom is 0.416 e. The van der Waals surface area contributed by atoms with Crippen LogP contribution < -0.4 is 21.3 Å². The average Bonchev–Trinajstić information content (AvgIpc) is 3.30. The minimum absolute atomic E-state index is 0.0231. The number of rotatable bonds is 6. The van der Waals surface area contributed by atoms with Gasteiger partial charge >= 0.3 is 11.9 Å². The molecule has 0 atom stereocenters. The molecule has 1 amide bonds. The molecule has 0 saturated heterocycles. The Hall–Kier alpha value is -3.86. The molecule has 2 aromatic heterocycles. The lowest BCUT2D eigenvalue weighted by Gasteiger charge is -2.13. The van der Waals surface area contributed by atoms with E-state index in [1.54, 1.807) is 35.7 Å². The van der Waals surface area contributed by atoms with E-state index in [2.05, 4.69) is 5.32 Å². The number of carbonyl (C=O) groups excluding carboxylic acids is 1. The van der Waals surface area contributed by atoms with Gasteiger partial charge in [-0.15, -0.1) is 11.3 Å². The number of fused-ring (bicyclic) bond motifs is 1. The van der Waals surface area contributed by atoms with Crippen LogP contribution in [0.15, 0.2) is 69.6 Å². The van der Waals surface area contributed by atoms with Crippen LogP contribution in [0.2, 0.25) is 0 Å². The second kappa shape index (κ2) is 9.18. The van der Waals surface area contributed by atoms with Gasteiger partial charge < -0.3 is 10.1 Å². The Kier molecular flexibility index (Phi) is 6.29. The van der Waals surface area contributed by atoms with E-state index < -0.39 is 35.4 Å². The van der Waals surface area contributed by atoms with Crippen LogP contribution in [0.1, 0.15) is 11.1 Å². The Labute approximate surface area is 194 Å². The minimum atomic E-state index is -4.56. The predicted molar refractivity (Wildman–Crippen MR) is 123 cm³/mol. The maximum atomic E-state index is 13.2. The number of nitrogens with one attached hydrogen (secondary N) is 1. The summed E-state index contributed by atoms with van der Waals surface area (Å²) in [6, 6.07) is 12.6. The monoisotopic (exact) mass is 489 g/mol. The molecule has 4 aromatic rings. The van der Waals surface area contributed by atoms with E-state index in [0.717, 1.165) is 32.6 Å². The van der Waals surface area contributed by atoms with Gasteiger partial charge in [-0.2, -0.15) is 13.2 Å². The first-order chi connectivity index (χ1) is 16.2. The molecule has 0 aliphatic carbocycles. The molecule has 4 rings (SSSR count). The smallest absolute Gasteiger partial charge is 0.416 e. The molecule has 0 fully saturated rings. The van der Waals surface area contributed by atoms with Gasteiger partial charge in [0, 0.05) is 5.69 Å². The third-order valence-corrected chi connectivity index (χ3v) is 6.00. The summed E-state index contributed by atoms with van der Waals surface area (Å²) in [5, 5.41) is 4.02. The standard InChI is InChI=1S/C23H18F3N3O4S/c1-33-17-7-5-14(6-8-17)12-29-21(31)20-18(9-10-34-20)28(22(29)32)13-19(30)27-16-4-2-3-15(11-16)23(24,25)26/h2-11H,12-13H2,1H3,(H,27,30). The van der Waals surface area contributed by atoms with Crippen LogP contribution in [-0.2, 0) is 24.1 Å². The quantitative estimate of drug-likeness (QED) is 0.445. The highest BCUT2D eigenvalue weighted by atomic mass is 32.1. The first-order valence-electron chi connectivity index (χ1n) is 9.98. The molecule has 1 N–H and O–H groups in total. The number of hydrogen-bond donors (Lipinski definition) is 1. The second-order valence-electron chi connectivity index (χ2n) is 7.37. The van der Waals surface area contributed by atoms with Crippen molar-refractivity contribution in [1.29, 1.82) is 0 Å². The van der Waals surface area contributed by atoms with Crippen molar-refractivity contribution in [2.24, 2.45) is 0 Å². The van der Waals surface area contributed by atoms with E-state index in [-0.39, 0.29) is 17.7 Å². The lowest BCUT2D eigenvalue weighted by atomic mass is 10.2. The largest absolute Gasteiger partial charge is 0.497 e. The zero-order chi connectivity index (χ0) is 24.5. The molecule has 0 spiro atoms. The number of carbonyl (C=O) groups is 1. The Morgan fingerprint density at radius 2 is 1.79 bits per heavy atom. The Morgan fingerprint density at radius 3 is 2.47 bits per heavy atom. The third kappa shape index (κ3) is 4.74. The Balaban J connectivity index is 1.66. The lowest BCUT2D eigenvalue weighted by Crippen LogP contribution is -2.41. The van der Waals surface area contributed by atoms with Crippen LogP contribution in [-0.4, -0.2) is 22.2 Å². The van der Waals surface area contributed by atoms with Crippen LogP contribution in [0, 0.1) is 0 Å². The minimum Gasteiger partial charge on any atom is -0.497 e. The van der Waals surface area contributed by atoms with Crippen LogP contribution in [0.4, 0.5) is 18.9 Å². The van der Waals surface area contributed by atoms with Crippen molar-refractivity contribution in [3.63, 3.8) is 0 Å². The summed E-state index contributed by atoms with van der Waals surface area (Å²) in [5.74, 6) is -0.0861. The van der Waals surface area contributed by atoms with Crippen LogP contribution in [0.5, 0.6) is 5.75 Å². The van der Waals surface area contributed by atoms with Crippen LogP contribution >= 0.6 is 11.3 Å². The molecular formula is C23H18F3N3O4S. The average molecular weight is 489 g/mol. The fourth-order valence-corrected chi connectivity index (χ4v) is 4.30. The highest BCUT2D eigenvalue weighted by Crippen LogP contribution is 2.30. The predicted octanol–water partition coefficient (Wildman–Crippen LogP) is 3.94. The second-order valence-corrected chi connectivity index (χ2v) is 8.29. The Morgan fingerprint density at radius 1 is 1.06 bits per heavy atom. The number of anilines is 1. The summed E-state index contributed by atoms with van der Waals surface area (Å²) in [5.41, 5.74) is -1.19. The maximum absolute atomic E-state index is 13.2. The zero-order valence-corrected chi connectivity index (χ0v) is 18.6. The number of halogens is 3. The number of hydrogen-bond acceptors (Lipinski definition) is 5. The van der Waals surface area contributed by atoms with Gasteiger partial charge in [0.05, 0.1) is 24.7 Å². The highest BCUT2D eigenvalue weighted by molar-refractivity contribution is 7.17. The van der Waals surface area contributed by atoms with Gasteiger partial charge in [0.2, 0.25) is 5.91 Å². The molecule has 176 valence electrons. The summed E-state index contributed by atoms with van der Waals surface area (Å²) >= 11 is 1.13. The van der Waals surface area contributed by atoms with Crippen molar-refractivity contribution in [2.45, 2.75) is 19.3 Å². The molecule has 2 aromatic carbocycles. The molecule has 0 aliphatic heterocycles. The first kappa shape index (κ1) is 23.3. The molecule has 0 radical (unpaired) electrons. The fraction of sp³-hybridized carbons (Fsp3) is 0.174. The first-order valence-corrected chi connectivity index (χ1v) is 10.9. The third-order valence-electron chi connectivity index (χ3n) is 5.11. The summed E-state index contributed by atoms with van der Waals surface area (Å²) in [4.78, 5) is 38.7. The fourth-order valence-electron chi connectivity index (χ4n) is 3.46. The molecule has 2 heterocycles. The van der Waals surface area contributed by atoms with E-state index in [0.29, 0.717) is 16.0 Å². The number of nitrogens with zero attached hydrogens (tertiary/aromatic N) is 2. The normalized spacial score (nSPS) is 11.5. The van der Waals surface area contributed by atoms with Gasteiger partial charge in [0.15, 0.2) is 0 Å². The van der Waals surface area contributed by atoms with Crippen molar-refractivity contribution < 1.29 is 22.7 Å². The van der Waals surface area contributed by atoms with Crippen molar-refractivity contribution in [3.05, 3.63) is 91.9 Å². The number of benzene rings is 2. The summed E-state index contributed by atoms with van der Waals surface area (Å²) in [6.07, 6.45) is -4.56. The topological polar surface area (TPSA) is 82.3 Å². The molecule has 34 heavy (non-hydrogen) atoms. The van der Waals surface area contributed by atoms with Crippen molar-refractivity contribution in [3.8, 4) is 5.75 Å². The number of ether oxygens (including phenoxy) is 1. The van der Waals surface area contributed by atoms with Crippen LogP contribution in [0.25, 0.3) is 10.2 Å². The van der Waals surface area contributed by atoms with E-state index in [4.69, 9.17) is 4.74 Å². The van der Waals surface area contributed by atoms with Gasteiger partial charge in [-0.05, 0) is 47.3 Å². The molecule has 7 nitrogen and oxygen atoms in total.